The molecule has 18 heavy (non-hydrogen) atoms. The third kappa shape index (κ3) is 2.83. The Kier molecular flexibility index (Phi) is 3.25. The van der Waals surface area contributed by atoms with Gasteiger partial charge in [-0.25, -0.2) is 4.98 Å². The summed E-state index contributed by atoms with van der Waals surface area (Å²) in [6.07, 6.45) is 8.32. The van der Waals surface area contributed by atoms with Gasteiger partial charge in [0.15, 0.2) is 0 Å². The number of anilines is 1. The van der Waals surface area contributed by atoms with E-state index < -0.39 is 0 Å². The summed E-state index contributed by atoms with van der Waals surface area (Å²) < 4.78 is 0. The van der Waals surface area contributed by atoms with Crippen LogP contribution in [0.2, 0.25) is 0 Å². The second-order valence-electron chi connectivity index (χ2n) is 5.99. The van der Waals surface area contributed by atoms with Gasteiger partial charge in [0.1, 0.15) is 5.82 Å². The van der Waals surface area contributed by atoms with Crippen molar-refractivity contribution in [2.75, 3.05) is 11.4 Å². The lowest BCUT2D eigenvalue weighted by molar-refractivity contribution is 0.689. The smallest absolute Gasteiger partial charge is 0.132 e. The number of nitrogens with zero attached hydrogens (tertiary/aromatic N) is 2. The van der Waals surface area contributed by atoms with E-state index in [0.717, 1.165) is 18.4 Å². The van der Waals surface area contributed by atoms with Gasteiger partial charge < -0.3 is 10.6 Å². The monoisotopic (exact) mass is 245 g/mol. The van der Waals surface area contributed by atoms with Crippen molar-refractivity contribution in [1.82, 2.24) is 4.98 Å². The highest BCUT2D eigenvalue weighted by Gasteiger charge is 2.35. The zero-order valence-electron chi connectivity index (χ0n) is 11.2. The second-order valence-corrected chi connectivity index (χ2v) is 5.99. The van der Waals surface area contributed by atoms with Crippen LogP contribution in [0.15, 0.2) is 18.3 Å². The Morgan fingerprint density at radius 1 is 1.39 bits per heavy atom. The van der Waals surface area contributed by atoms with Gasteiger partial charge in [-0.15, -0.1) is 0 Å². The molecule has 1 unspecified atom stereocenters. The zero-order valence-corrected chi connectivity index (χ0v) is 11.2. The Balaban J connectivity index is 1.82. The Bertz CT molecular complexity index is 408. The van der Waals surface area contributed by atoms with Crippen molar-refractivity contribution in [2.45, 2.75) is 51.1 Å². The fraction of sp³-hybridized carbons (Fsp3) is 0.667. The maximum atomic E-state index is 5.95. The molecule has 2 saturated carbocycles. The summed E-state index contributed by atoms with van der Waals surface area (Å²) in [5.41, 5.74) is 7.27. The fourth-order valence-corrected chi connectivity index (χ4v) is 2.57. The molecule has 2 N–H and O–H groups in total. The van der Waals surface area contributed by atoms with Crippen LogP contribution < -0.4 is 10.6 Å². The van der Waals surface area contributed by atoms with Crippen molar-refractivity contribution in [2.24, 2.45) is 11.7 Å². The lowest BCUT2D eigenvalue weighted by Crippen LogP contribution is -2.31. The topological polar surface area (TPSA) is 42.1 Å². The zero-order chi connectivity index (χ0) is 12.5. The minimum absolute atomic E-state index is 0.204. The van der Waals surface area contributed by atoms with Crippen LogP contribution in [0, 0.1) is 5.92 Å². The Labute approximate surface area is 109 Å². The average Bonchev–Trinajstić information content (AvgIpc) is 3.20. The average molecular weight is 245 g/mol. The Hall–Kier alpha value is -1.09. The van der Waals surface area contributed by atoms with Gasteiger partial charge in [0, 0.05) is 24.8 Å². The molecular formula is C15H23N3. The number of hydrogen-bond donors (Lipinski definition) is 1. The fourth-order valence-electron chi connectivity index (χ4n) is 2.57. The third-order valence-corrected chi connectivity index (χ3v) is 3.82. The number of pyridine rings is 1. The van der Waals surface area contributed by atoms with E-state index in [-0.39, 0.29) is 6.04 Å². The lowest BCUT2D eigenvalue weighted by atomic mass is 10.1. The van der Waals surface area contributed by atoms with Gasteiger partial charge in [-0.3, -0.25) is 0 Å². The molecule has 2 aliphatic rings. The Morgan fingerprint density at radius 3 is 2.78 bits per heavy atom. The minimum atomic E-state index is 0.204. The maximum absolute atomic E-state index is 5.95. The van der Waals surface area contributed by atoms with Gasteiger partial charge in [-0.1, -0.05) is 6.07 Å². The molecule has 98 valence electrons. The van der Waals surface area contributed by atoms with E-state index in [0.29, 0.717) is 0 Å². The van der Waals surface area contributed by atoms with Crippen molar-refractivity contribution < 1.29 is 0 Å². The van der Waals surface area contributed by atoms with Gasteiger partial charge in [-0.2, -0.15) is 0 Å². The van der Waals surface area contributed by atoms with E-state index in [1.807, 2.05) is 12.3 Å². The van der Waals surface area contributed by atoms with Crippen LogP contribution >= 0.6 is 0 Å². The molecule has 1 heterocycles. The number of nitrogens with two attached hydrogens (primary N) is 1. The predicted octanol–water partition coefficient (Wildman–Crippen LogP) is 2.35. The molecule has 1 aromatic heterocycles. The predicted molar refractivity (Wildman–Crippen MR) is 74.7 cm³/mol. The van der Waals surface area contributed by atoms with Gasteiger partial charge in [0.05, 0.1) is 0 Å². The van der Waals surface area contributed by atoms with E-state index in [1.165, 1.54) is 43.6 Å². The molecular weight excluding hydrogens is 222 g/mol. The summed E-state index contributed by atoms with van der Waals surface area (Å²) in [4.78, 5) is 7.20. The van der Waals surface area contributed by atoms with E-state index >= 15 is 0 Å². The molecule has 0 amide bonds. The van der Waals surface area contributed by atoms with Crippen molar-refractivity contribution in [3.05, 3.63) is 23.9 Å². The molecule has 0 spiro atoms. The number of rotatable bonds is 6. The van der Waals surface area contributed by atoms with Crippen LogP contribution in [0.5, 0.6) is 0 Å². The standard InChI is InChI=1S/C15H23N3/c1-11(16)9-13-3-2-8-17-15(13)18(14-6-7-14)10-12-4-5-12/h2-3,8,11-12,14H,4-7,9-10,16H2,1H3. The van der Waals surface area contributed by atoms with Crippen LogP contribution in [-0.4, -0.2) is 23.6 Å². The molecule has 1 aromatic rings. The Morgan fingerprint density at radius 2 is 2.17 bits per heavy atom. The van der Waals surface area contributed by atoms with Crippen molar-refractivity contribution in [1.29, 1.82) is 0 Å². The molecule has 0 aromatic carbocycles. The first-order valence-electron chi connectivity index (χ1n) is 7.20. The molecule has 0 radical (unpaired) electrons. The first-order chi connectivity index (χ1) is 8.74. The highest BCUT2D eigenvalue weighted by atomic mass is 15.2. The molecule has 3 nitrogen and oxygen atoms in total. The van der Waals surface area contributed by atoms with E-state index in [4.69, 9.17) is 5.73 Å². The van der Waals surface area contributed by atoms with Gasteiger partial charge in [0.2, 0.25) is 0 Å². The summed E-state index contributed by atoms with van der Waals surface area (Å²) in [6.45, 7) is 3.27. The van der Waals surface area contributed by atoms with Crippen LogP contribution in [0.1, 0.15) is 38.2 Å². The summed E-state index contributed by atoms with van der Waals surface area (Å²) in [6, 6.07) is 5.17. The van der Waals surface area contributed by atoms with Crippen molar-refractivity contribution in [3.63, 3.8) is 0 Å². The molecule has 3 rings (SSSR count). The molecule has 2 fully saturated rings. The van der Waals surface area contributed by atoms with Crippen LogP contribution in [0.25, 0.3) is 0 Å². The first kappa shape index (κ1) is 12.0. The molecule has 1 atom stereocenters. The van der Waals surface area contributed by atoms with E-state index in [9.17, 15) is 0 Å². The third-order valence-electron chi connectivity index (χ3n) is 3.82. The van der Waals surface area contributed by atoms with Gasteiger partial charge >= 0.3 is 0 Å². The maximum Gasteiger partial charge on any atom is 0.132 e. The summed E-state index contributed by atoms with van der Waals surface area (Å²) in [7, 11) is 0. The van der Waals surface area contributed by atoms with Crippen molar-refractivity contribution >= 4 is 5.82 Å². The SMILES string of the molecule is CC(N)Cc1cccnc1N(CC1CC1)C1CC1. The molecule has 0 saturated heterocycles. The minimum Gasteiger partial charge on any atom is -0.353 e. The van der Waals surface area contributed by atoms with E-state index in [2.05, 4.69) is 22.9 Å². The second kappa shape index (κ2) is 4.88. The normalized spacial score (nSPS) is 20.8. The molecule has 2 aliphatic carbocycles. The highest BCUT2D eigenvalue weighted by molar-refractivity contribution is 5.49. The van der Waals surface area contributed by atoms with E-state index in [1.54, 1.807) is 0 Å². The van der Waals surface area contributed by atoms with Gasteiger partial charge in [-0.05, 0) is 56.6 Å². The molecule has 0 bridgehead atoms. The largest absolute Gasteiger partial charge is 0.353 e. The van der Waals surface area contributed by atoms with Crippen LogP contribution in [-0.2, 0) is 6.42 Å². The number of hydrogen-bond acceptors (Lipinski definition) is 3. The van der Waals surface area contributed by atoms with Crippen molar-refractivity contribution in [3.8, 4) is 0 Å². The first-order valence-corrected chi connectivity index (χ1v) is 7.20. The highest BCUT2D eigenvalue weighted by Crippen LogP contribution is 2.38. The molecule has 3 heteroatoms. The molecule has 0 aliphatic heterocycles. The summed E-state index contributed by atoms with van der Waals surface area (Å²) in [5.74, 6) is 2.11. The summed E-state index contributed by atoms with van der Waals surface area (Å²) >= 11 is 0. The van der Waals surface area contributed by atoms with Gasteiger partial charge in [0.25, 0.3) is 0 Å². The van der Waals surface area contributed by atoms with Crippen LogP contribution in [0.3, 0.4) is 0 Å². The number of aromatic nitrogens is 1. The quantitative estimate of drug-likeness (QED) is 0.836. The van der Waals surface area contributed by atoms with Crippen LogP contribution in [0.4, 0.5) is 5.82 Å². The summed E-state index contributed by atoms with van der Waals surface area (Å²) in [5, 5.41) is 0. The lowest BCUT2D eigenvalue weighted by Gasteiger charge is -2.26.